The number of halogens is 2. The highest BCUT2D eigenvalue weighted by molar-refractivity contribution is 6.30. The first kappa shape index (κ1) is 27.3. The van der Waals surface area contributed by atoms with Gasteiger partial charge in [0, 0.05) is 42.0 Å². The van der Waals surface area contributed by atoms with Crippen molar-refractivity contribution in [3.05, 3.63) is 69.7 Å². The Bertz CT molecular complexity index is 963. The Hall–Kier alpha value is -2.24. The number of hydrogen-bond donors (Lipinski definition) is 1. The van der Waals surface area contributed by atoms with Crippen LogP contribution in [0.4, 0.5) is 4.79 Å². The number of hydrogen-bond acceptors (Lipinski definition) is 3. The first-order valence-electron chi connectivity index (χ1n) is 12.3. The SMILES string of the molecule is CC(C)(C)OC(=O)N1CCC(CCC(=O)NC[C@H](Cc2ccc(Cl)cc2)c2ccc(Cl)cc2)CC1. The summed E-state index contributed by atoms with van der Waals surface area (Å²) >= 11 is 12.1. The van der Waals surface area contributed by atoms with E-state index in [0.29, 0.717) is 42.0 Å². The lowest BCUT2D eigenvalue weighted by Crippen LogP contribution is -2.41. The first-order chi connectivity index (χ1) is 16.6. The molecule has 190 valence electrons. The quantitative estimate of drug-likeness (QED) is 0.414. The molecule has 1 aliphatic heterocycles. The van der Waals surface area contributed by atoms with E-state index in [1.807, 2.05) is 69.3 Å². The van der Waals surface area contributed by atoms with Crippen molar-refractivity contribution in [1.29, 1.82) is 0 Å². The highest BCUT2D eigenvalue weighted by Crippen LogP contribution is 2.25. The zero-order valence-corrected chi connectivity index (χ0v) is 22.4. The molecule has 1 atom stereocenters. The zero-order valence-electron chi connectivity index (χ0n) is 20.9. The predicted molar refractivity (Wildman–Crippen MR) is 142 cm³/mol. The van der Waals surface area contributed by atoms with Crippen LogP contribution in [0.3, 0.4) is 0 Å². The predicted octanol–water partition coefficient (Wildman–Crippen LogP) is 6.86. The maximum absolute atomic E-state index is 12.7. The molecular formula is C28H36Cl2N2O3. The lowest BCUT2D eigenvalue weighted by atomic mass is 9.91. The molecule has 0 aliphatic carbocycles. The lowest BCUT2D eigenvalue weighted by Gasteiger charge is -2.33. The summed E-state index contributed by atoms with van der Waals surface area (Å²) in [4.78, 5) is 26.7. The molecule has 0 saturated carbocycles. The van der Waals surface area contributed by atoms with Gasteiger partial charge in [0.2, 0.25) is 5.91 Å². The molecule has 0 spiro atoms. The molecule has 0 aromatic heterocycles. The van der Waals surface area contributed by atoms with E-state index in [4.69, 9.17) is 27.9 Å². The summed E-state index contributed by atoms with van der Waals surface area (Å²) in [5, 5.41) is 4.54. The third kappa shape index (κ3) is 9.38. The van der Waals surface area contributed by atoms with Crippen molar-refractivity contribution >= 4 is 35.2 Å². The standard InChI is InChI=1S/C28H36Cl2N2O3/c1-28(2,3)35-27(34)32-16-14-20(15-17-32)6-13-26(33)31-19-23(22-7-11-25(30)12-8-22)18-21-4-9-24(29)10-5-21/h4-5,7-12,20,23H,6,13-19H2,1-3H3,(H,31,33)/t23-/m0/s1. The number of likely N-dealkylation sites (tertiary alicyclic amines) is 1. The van der Waals surface area contributed by atoms with Crippen LogP contribution >= 0.6 is 23.2 Å². The minimum Gasteiger partial charge on any atom is -0.444 e. The van der Waals surface area contributed by atoms with Gasteiger partial charge in [-0.3, -0.25) is 4.79 Å². The monoisotopic (exact) mass is 518 g/mol. The highest BCUT2D eigenvalue weighted by Gasteiger charge is 2.27. The maximum Gasteiger partial charge on any atom is 0.410 e. The molecule has 35 heavy (non-hydrogen) atoms. The first-order valence-corrected chi connectivity index (χ1v) is 13.1. The normalized spacial score (nSPS) is 15.5. The average Bonchev–Trinajstić information content (AvgIpc) is 2.81. The van der Waals surface area contributed by atoms with E-state index < -0.39 is 5.60 Å². The molecule has 0 bridgehead atoms. The van der Waals surface area contributed by atoms with Crippen LogP contribution < -0.4 is 5.32 Å². The average molecular weight is 520 g/mol. The van der Waals surface area contributed by atoms with E-state index >= 15 is 0 Å². The number of ether oxygens (including phenoxy) is 1. The van der Waals surface area contributed by atoms with E-state index in [2.05, 4.69) is 5.32 Å². The fraction of sp³-hybridized carbons (Fsp3) is 0.500. The second-order valence-corrected chi connectivity index (χ2v) is 11.2. The summed E-state index contributed by atoms with van der Waals surface area (Å²) < 4.78 is 5.47. The van der Waals surface area contributed by atoms with Gasteiger partial charge in [0.15, 0.2) is 0 Å². The smallest absolute Gasteiger partial charge is 0.410 e. The number of amides is 2. The molecule has 2 aromatic rings. The molecule has 0 radical (unpaired) electrons. The molecule has 1 aliphatic rings. The Kier molecular flexibility index (Phi) is 9.88. The van der Waals surface area contributed by atoms with E-state index in [-0.39, 0.29) is 17.9 Å². The maximum atomic E-state index is 12.7. The molecule has 2 aromatic carbocycles. The largest absolute Gasteiger partial charge is 0.444 e. The van der Waals surface area contributed by atoms with E-state index in [9.17, 15) is 9.59 Å². The van der Waals surface area contributed by atoms with Crippen molar-refractivity contribution < 1.29 is 14.3 Å². The van der Waals surface area contributed by atoms with Gasteiger partial charge in [0.05, 0.1) is 0 Å². The van der Waals surface area contributed by atoms with Gasteiger partial charge >= 0.3 is 6.09 Å². The molecule has 1 saturated heterocycles. The van der Waals surface area contributed by atoms with Crippen LogP contribution in [0.2, 0.25) is 10.0 Å². The van der Waals surface area contributed by atoms with Crippen LogP contribution in [-0.4, -0.2) is 42.1 Å². The van der Waals surface area contributed by atoms with Crippen molar-refractivity contribution in [2.24, 2.45) is 5.92 Å². The number of carbonyl (C=O) groups is 2. The van der Waals surface area contributed by atoms with Crippen molar-refractivity contribution in [3.8, 4) is 0 Å². The van der Waals surface area contributed by atoms with Gasteiger partial charge in [-0.05, 0) is 87.8 Å². The molecule has 1 N–H and O–H groups in total. The second kappa shape index (κ2) is 12.6. The Morgan fingerprint density at radius 2 is 1.57 bits per heavy atom. The summed E-state index contributed by atoms with van der Waals surface area (Å²) in [5.74, 6) is 0.643. The van der Waals surface area contributed by atoms with Gasteiger partial charge in [-0.1, -0.05) is 47.5 Å². The van der Waals surface area contributed by atoms with E-state index in [1.165, 1.54) is 5.56 Å². The van der Waals surface area contributed by atoms with Crippen molar-refractivity contribution in [2.45, 2.75) is 64.4 Å². The molecule has 0 unspecified atom stereocenters. The molecule has 3 rings (SSSR count). The number of rotatable bonds is 8. The minimum absolute atomic E-state index is 0.0645. The summed E-state index contributed by atoms with van der Waals surface area (Å²) in [6.07, 6.45) is 3.67. The fourth-order valence-corrected chi connectivity index (χ4v) is 4.59. The summed E-state index contributed by atoms with van der Waals surface area (Å²) in [6, 6.07) is 15.6. The van der Waals surface area contributed by atoms with E-state index in [1.54, 1.807) is 4.90 Å². The van der Waals surface area contributed by atoms with E-state index in [0.717, 1.165) is 31.2 Å². The van der Waals surface area contributed by atoms with Crippen LogP contribution in [0.1, 0.15) is 63.5 Å². The van der Waals surface area contributed by atoms with Crippen LogP contribution in [0.5, 0.6) is 0 Å². The van der Waals surface area contributed by atoms with Gasteiger partial charge in [-0.2, -0.15) is 0 Å². The van der Waals surface area contributed by atoms with Crippen LogP contribution in [-0.2, 0) is 16.0 Å². The molecule has 2 amide bonds. The van der Waals surface area contributed by atoms with Crippen LogP contribution in [0.25, 0.3) is 0 Å². The number of piperidine rings is 1. The van der Waals surface area contributed by atoms with Crippen LogP contribution in [0.15, 0.2) is 48.5 Å². The van der Waals surface area contributed by atoms with Crippen molar-refractivity contribution in [2.75, 3.05) is 19.6 Å². The van der Waals surface area contributed by atoms with Gasteiger partial charge in [-0.25, -0.2) is 4.79 Å². The molecular weight excluding hydrogens is 483 g/mol. The summed E-state index contributed by atoms with van der Waals surface area (Å²) in [7, 11) is 0. The van der Waals surface area contributed by atoms with Crippen molar-refractivity contribution in [1.82, 2.24) is 10.2 Å². The Labute approximate surface area is 219 Å². The topological polar surface area (TPSA) is 58.6 Å². The number of nitrogens with one attached hydrogen (secondary N) is 1. The fourth-order valence-electron chi connectivity index (χ4n) is 4.34. The molecule has 7 heteroatoms. The number of nitrogens with zero attached hydrogens (tertiary/aromatic N) is 1. The molecule has 5 nitrogen and oxygen atoms in total. The molecule has 1 heterocycles. The zero-order chi connectivity index (χ0) is 25.4. The van der Waals surface area contributed by atoms with Gasteiger partial charge in [-0.15, -0.1) is 0 Å². The van der Waals surface area contributed by atoms with Crippen LogP contribution in [0, 0.1) is 5.92 Å². The second-order valence-electron chi connectivity index (χ2n) is 10.3. The Balaban J connectivity index is 1.46. The number of carbonyl (C=O) groups excluding carboxylic acids is 2. The van der Waals surface area contributed by atoms with Gasteiger partial charge in [0.25, 0.3) is 0 Å². The summed E-state index contributed by atoms with van der Waals surface area (Å²) in [6.45, 7) is 7.55. The minimum atomic E-state index is -0.483. The molecule has 1 fully saturated rings. The number of benzene rings is 2. The summed E-state index contributed by atoms with van der Waals surface area (Å²) in [5.41, 5.74) is 1.82. The van der Waals surface area contributed by atoms with Gasteiger partial charge in [0.1, 0.15) is 5.60 Å². The Morgan fingerprint density at radius 1 is 1.00 bits per heavy atom. The third-order valence-electron chi connectivity index (χ3n) is 6.33. The van der Waals surface area contributed by atoms with Crippen molar-refractivity contribution in [3.63, 3.8) is 0 Å². The Morgan fingerprint density at radius 3 is 2.14 bits per heavy atom. The highest BCUT2D eigenvalue weighted by atomic mass is 35.5. The third-order valence-corrected chi connectivity index (χ3v) is 6.83. The van der Waals surface area contributed by atoms with Gasteiger partial charge < -0.3 is 15.0 Å². The lowest BCUT2D eigenvalue weighted by molar-refractivity contribution is -0.121.